The fourth-order valence-electron chi connectivity index (χ4n) is 8.37. The topological polar surface area (TPSA) is 351 Å². The van der Waals surface area contributed by atoms with E-state index < -0.39 is 0 Å². The Morgan fingerprint density at radius 1 is 0.401 bits per heavy atom. The Morgan fingerprint density at radius 3 is 1.28 bits per heavy atom. The van der Waals surface area contributed by atoms with E-state index in [9.17, 15) is 0 Å². The van der Waals surface area contributed by atoms with Gasteiger partial charge >= 0.3 is 0 Å². The first-order valence-corrected chi connectivity index (χ1v) is 52.1. The van der Waals surface area contributed by atoms with Crippen LogP contribution in [0, 0.1) is 228 Å². The number of oxazole rings is 1. The summed E-state index contributed by atoms with van der Waals surface area (Å²) in [4.78, 5) is 31.8. The number of aryl methyl sites for hydroxylation is 35. The minimum absolute atomic E-state index is 0.750. The predicted octanol–water partition coefficient (Wildman–Crippen LogP) is 28.5. The zero-order valence-corrected chi connectivity index (χ0v) is 95.0. The van der Waals surface area contributed by atoms with E-state index in [0.29, 0.717) is 0 Å². The van der Waals surface area contributed by atoms with Gasteiger partial charge in [0.15, 0.2) is 5.89 Å². The molecule has 0 spiro atoms. The molecule has 742 valence electrons. The highest BCUT2D eigenvalue weighted by molar-refractivity contribution is 7.12. The van der Waals surface area contributed by atoms with Crippen LogP contribution < -0.4 is 0 Å². The normalized spacial score (nSPS) is 9.34. The summed E-state index contributed by atoms with van der Waals surface area (Å²) in [5, 5.41) is 50.2. The van der Waals surface area contributed by atoms with E-state index in [1.807, 2.05) is 297 Å². The van der Waals surface area contributed by atoms with Crippen LogP contribution in [0.4, 0.5) is 0 Å². The Bertz CT molecular complexity index is 5160. The molecule has 0 radical (unpaired) electrons. The van der Waals surface area contributed by atoms with E-state index in [1.165, 1.54) is 126 Å². The number of nitrogens with zero attached hydrogens (tertiary/aromatic N) is 23. The molecule has 0 aromatic carbocycles. The molecule has 0 fully saturated rings. The van der Waals surface area contributed by atoms with Gasteiger partial charge in [-0.2, -0.15) is 14.6 Å². The Labute approximate surface area is 854 Å². The lowest BCUT2D eigenvalue weighted by Crippen LogP contribution is -1.97. The van der Waals surface area contributed by atoms with E-state index in [4.69, 9.17) is 18.0 Å². The Balaban J connectivity index is 0.000000722. The van der Waals surface area contributed by atoms with Crippen LogP contribution in [0.3, 0.4) is 0 Å². The molecule has 0 N–H and O–H groups in total. The first-order valence-electron chi connectivity index (χ1n) is 42.7. The first-order chi connectivity index (χ1) is 64.9. The largest absolute Gasteiger partial charge is 0.446 e. The fourth-order valence-corrected chi connectivity index (χ4v) is 14.2. The lowest BCUT2D eigenvalue weighted by Gasteiger charge is -1.95. The van der Waals surface area contributed by atoms with Crippen molar-refractivity contribution >= 4 is 126 Å². The van der Waals surface area contributed by atoms with Gasteiger partial charge in [0, 0.05) is 166 Å². The van der Waals surface area contributed by atoms with Crippen molar-refractivity contribution in [3.63, 3.8) is 0 Å². The third-order valence-electron chi connectivity index (χ3n) is 17.1. The Hall–Kier alpha value is -11.2. The molecule has 20 aromatic heterocycles. The summed E-state index contributed by atoms with van der Waals surface area (Å²) in [5.41, 5.74) is 24.9. The van der Waals surface area contributed by atoms with Gasteiger partial charge in [-0.25, -0.2) is 23.7 Å². The second-order valence-corrected chi connectivity index (χ2v) is 40.1. The van der Waals surface area contributed by atoms with E-state index in [-0.39, 0.29) is 0 Å². The van der Waals surface area contributed by atoms with Crippen molar-refractivity contribution in [2.75, 3.05) is 0 Å². The Kier molecular flexibility index (Phi) is 66.1. The van der Waals surface area contributed by atoms with E-state index in [0.717, 1.165) is 120 Å². The van der Waals surface area contributed by atoms with E-state index in [1.54, 1.807) is 111 Å². The molecule has 0 saturated heterocycles. The molecule has 40 heteroatoms. The predicted molar refractivity (Wildman–Crippen MR) is 573 cm³/mol. The van der Waals surface area contributed by atoms with Crippen molar-refractivity contribution in [1.29, 1.82) is 0 Å². The highest BCUT2D eigenvalue weighted by Crippen LogP contribution is 2.16. The maximum Gasteiger partial charge on any atom is 0.191 e. The molecule has 29 nitrogen and oxygen atoms in total. The minimum Gasteiger partial charge on any atom is -0.446 e. The maximum absolute atomic E-state index is 5.10. The molecule has 0 aliphatic rings. The summed E-state index contributed by atoms with van der Waals surface area (Å²) in [5.74, 6) is 5.22. The summed E-state index contributed by atoms with van der Waals surface area (Å²) in [6.45, 7) is 68.6. The van der Waals surface area contributed by atoms with Crippen LogP contribution in [-0.4, -0.2) is 112 Å². The molecule has 20 aromatic rings. The molecule has 0 bridgehead atoms. The number of thiophene rings is 2. The van der Waals surface area contributed by atoms with Crippen LogP contribution >= 0.6 is 126 Å². The molecule has 0 aliphatic carbocycles. The number of hydrogen-bond acceptors (Lipinski definition) is 37. The SMILES string of the molecule is CCn1nc(C)cc1C.Cc1cc(C)n(C)n1.Cc1cc(C)on1.Cc1cccs1.Cc1ccno1.Cc1ccns1.Cc1ccsc1C.Cc1ccsn1.Cc1cncn1C.Cc1cncs1.Cc1cnoc1C.Cc1cnsc1.Cc1conc1C.Cc1cscn1.Cc1csnn1.Cc1nc(C)c(C)o1.Cc1nc(C)c(C)s1.Cc1nccs1.Cc1nnsc1C.Cc1noc(C)c1C. The minimum atomic E-state index is 0.750. The van der Waals surface area contributed by atoms with Crippen LogP contribution in [0.25, 0.3) is 0 Å². The van der Waals surface area contributed by atoms with Crippen LogP contribution in [0.15, 0.2) is 186 Å². The van der Waals surface area contributed by atoms with Gasteiger partial charge in [-0.15, -0.1) is 78.2 Å². The molecule has 0 unspecified atom stereocenters. The fraction of sp³-hybridized carbons (Fsp3) is 0.381. The second kappa shape index (κ2) is 73.1. The van der Waals surface area contributed by atoms with Crippen molar-refractivity contribution in [3.8, 4) is 0 Å². The van der Waals surface area contributed by atoms with Crippen molar-refractivity contribution in [3.05, 3.63) is 341 Å². The molecule has 20 rings (SSSR count). The van der Waals surface area contributed by atoms with Crippen molar-refractivity contribution in [1.82, 2.24) is 112 Å². The molecule has 0 saturated carbocycles. The summed E-state index contributed by atoms with van der Waals surface area (Å²) >= 11 is 17.6. The average molecular weight is 2070 g/mol. The van der Waals surface area contributed by atoms with Crippen molar-refractivity contribution < 1.29 is 27.0 Å². The zero-order chi connectivity index (χ0) is 103. The summed E-state index contributed by atoms with van der Waals surface area (Å²) in [6, 6.07) is 18.1. The second-order valence-electron chi connectivity index (χ2n) is 29.6. The molecule has 137 heavy (non-hydrogen) atoms. The maximum atomic E-state index is 5.10. The van der Waals surface area contributed by atoms with Crippen molar-refractivity contribution in [2.45, 2.75) is 242 Å². The van der Waals surface area contributed by atoms with Gasteiger partial charge in [0.2, 0.25) is 0 Å². The molecular weight excluding hydrogens is 1940 g/mol. The quantitative estimate of drug-likeness (QED) is 0.147. The number of rotatable bonds is 1. The van der Waals surface area contributed by atoms with Crippen LogP contribution in [0.5, 0.6) is 0 Å². The molecular formula is C97H137N23O6S11. The standard InChI is InChI=1S/C7H12N2.C6H10N2.2C6H9NO.C6H9NS.C6H8S.C5H8N2.3C5H7NO.C5H6S.C4H6N2S.C4H5NO.6C4H5NS.C3H4N2S/c1-4-9-7(3)5-6(2)8-9;1-5-4-6(2)8(3)7-5;1-4-5(2)8-6(3)7-4;1-4-5(2)7-8-6(4)3;1-4-5(2)8-6(3)7-4;1-5-3-4-7-6(5)2;1-5-3-6-4-7(5)2;1-4-3-7-6-5(4)2;1-4-3-6-7-5(4)2;1-4-3-5(2)7-6-4;1-5-3-2-4-6-5;1-3-4(2)7-6-5-3;1-4-2-3-5-6-4;1-4-2-6-3-5-4;1-4-2-5-3-6-4;1-4-2-5-6-3-4;1-4-5-2-3-6-4;1-4-2-3-6-5-4;1-4-2-3-5-6-4;1-3-2-6-5-4-3/h5H,4H2,1-3H3;4H,1-3H3;3*1-3H3;2*3-4H,1-2H3;3*3H,1-2H3;2-4H,1H3;1-2H3;7*2-3H,1H3;2H,1H3. The van der Waals surface area contributed by atoms with Crippen LogP contribution in [-0.2, 0) is 20.6 Å². The molecule has 0 amide bonds. The third-order valence-corrected chi connectivity index (χ3v) is 25.3. The van der Waals surface area contributed by atoms with Gasteiger partial charge in [0.05, 0.1) is 96.7 Å². The lowest BCUT2D eigenvalue weighted by molar-refractivity contribution is 0.392. The molecule has 20 heterocycles. The van der Waals surface area contributed by atoms with Crippen molar-refractivity contribution in [2.24, 2.45) is 14.1 Å². The summed E-state index contributed by atoms with van der Waals surface area (Å²) in [6.07, 6.45) is 15.9. The van der Waals surface area contributed by atoms with Gasteiger partial charge in [0.1, 0.15) is 35.1 Å². The van der Waals surface area contributed by atoms with Gasteiger partial charge in [-0.3, -0.25) is 24.3 Å². The highest BCUT2D eigenvalue weighted by Gasteiger charge is 2.03. The van der Waals surface area contributed by atoms with Gasteiger partial charge in [-0.1, -0.05) is 40.8 Å². The zero-order valence-electron chi connectivity index (χ0n) is 86.0. The van der Waals surface area contributed by atoms with Crippen LogP contribution in [0.1, 0.15) is 188 Å². The average Bonchev–Trinajstić information content (AvgIpc) is 1.78. The Morgan fingerprint density at radius 2 is 1.12 bits per heavy atom. The summed E-state index contributed by atoms with van der Waals surface area (Å²) < 4.78 is 53.4. The first kappa shape index (κ1) is 124. The highest BCUT2D eigenvalue weighted by atomic mass is 32.1. The summed E-state index contributed by atoms with van der Waals surface area (Å²) in [7, 11) is 3.92. The molecule has 0 atom stereocenters. The monoisotopic (exact) mass is 2070 g/mol. The smallest absolute Gasteiger partial charge is 0.191 e. The van der Waals surface area contributed by atoms with Gasteiger partial charge in [0.25, 0.3) is 0 Å². The third kappa shape index (κ3) is 62.3. The van der Waals surface area contributed by atoms with E-state index >= 15 is 0 Å². The lowest BCUT2D eigenvalue weighted by atomic mass is 10.2. The number of hydrogen-bond donors (Lipinski definition) is 0. The van der Waals surface area contributed by atoms with Crippen LogP contribution in [0.2, 0.25) is 0 Å². The van der Waals surface area contributed by atoms with Gasteiger partial charge in [-0.05, 0) is 344 Å². The number of thiazole rings is 4. The molecule has 0 aliphatic heterocycles. The van der Waals surface area contributed by atoms with E-state index in [2.05, 4.69) is 190 Å². The number of aromatic nitrogens is 23. The number of imidazole rings is 1. The van der Waals surface area contributed by atoms with Gasteiger partial charge < -0.3 is 31.6 Å².